The van der Waals surface area contributed by atoms with Gasteiger partial charge in [-0.2, -0.15) is 0 Å². The van der Waals surface area contributed by atoms with Crippen LogP contribution in [0, 0.1) is 0 Å². The van der Waals surface area contributed by atoms with E-state index in [1.807, 2.05) is 0 Å². The molecule has 1 fully saturated rings. The van der Waals surface area contributed by atoms with E-state index < -0.39 is 5.97 Å². The Kier molecular flexibility index (Phi) is 2.45. The summed E-state index contributed by atoms with van der Waals surface area (Å²) in [7, 11) is 0. The first kappa shape index (κ1) is 9.76. The Morgan fingerprint density at radius 3 is 3.00 bits per heavy atom. The Labute approximate surface area is 86.3 Å². The summed E-state index contributed by atoms with van der Waals surface area (Å²) >= 11 is 0. The molecule has 5 nitrogen and oxygen atoms in total. The fraction of sp³-hybridized carbons (Fsp3) is 0.400. The number of nitrogens with zero attached hydrogens (tertiary/aromatic N) is 1. The van der Waals surface area contributed by atoms with E-state index in [0.29, 0.717) is 6.42 Å². The zero-order chi connectivity index (χ0) is 10.8. The van der Waals surface area contributed by atoms with Crippen LogP contribution in [0.2, 0.25) is 0 Å². The van der Waals surface area contributed by atoms with Crippen LogP contribution in [0.25, 0.3) is 0 Å². The SMILES string of the molecule is O=C(O)CCN1C(=O)CC1c1ccco1. The van der Waals surface area contributed by atoms with E-state index in [0.717, 1.165) is 5.76 Å². The molecule has 0 saturated carbocycles. The van der Waals surface area contributed by atoms with Gasteiger partial charge in [-0.3, -0.25) is 9.59 Å². The maximum absolute atomic E-state index is 11.2. The van der Waals surface area contributed by atoms with Gasteiger partial charge in [0.2, 0.25) is 5.91 Å². The van der Waals surface area contributed by atoms with Gasteiger partial charge in [-0.25, -0.2) is 0 Å². The van der Waals surface area contributed by atoms with Crippen LogP contribution in [-0.2, 0) is 9.59 Å². The number of amides is 1. The smallest absolute Gasteiger partial charge is 0.305 e. The third-order valence-electron chi connectivity index (χ3n) is 2.50. The normalized spacial score (nSPS) is 20.1. The Hall–Kier alpha value is -1.78. The molecule has 2 heterocycles. The molecule has 0 bridgehead atoms. The minimum absolute atomic E-state index is 0.0161. The van der Waals surface area contributed by atoms with E-state index in [2.05, 4.69) is 0 Å². The molecule has 1 amide bonds. The van der Waals surface area contributed by atoms with E-state index in [1.54, 1.807) is 18.4 Å². The Morgan fingerprint density at radius 2 is 2.47 bits per heavy atom. The minimum atomic E-state index is -0.895. The monoisotopic (exact) mass is 209 g/mol. The number of carbonyl (C=O) groups excluding carboxylic acids is 1. The van der Waals surface area contributed by atoms with Crippen LogP contribution in [0.5, 0.6) is 0 Å². The lowest BCUT2D eigenvalue weighted by atomic mass is 9.99. The molecule has 2 rings (SSSR count). The van der Waals surface area contributed by atoms with E-state index in [1.165, 1.54) is 4.90 Å². The van der Waals surface area contributed by atoms with Crippen molar-refractivity contribution in [3.63, 3.8) is 0 Å². The van der Waals surface area contributed by atoms with Crippen molar-refractivity contribution in [2.45, 2.75) is 18.9 Å². The quantitative estimate of drug-likeness (QED) is 0.752. The van der Waals surface area contributed by atoms with E-state index in [4.69, 9.17) is 9.52 Å². The highest BCUT2D eigenvalue weighted by Gasteiger charge is 2.38. The van der Waals surface area contributed by atoms with Crippen LogP contribution >= 0.6 is 0 Å². The maximum Gasteiger partial charge on any atom is 0.305 e. The Balaban J connectivity index is 1.97. The van der Waals surface area contributed by atoms with Crippen molar-refractivity contribution >= 4 is 11.9 Å². The van der Waals surface area contributed by atoms with Gasteiger partial charge in [-0.1, -0.05) is 0 Å². The average Bonchev–Trinajstić information content (AvgIpc) is 2.66. The second-order valence-electron chi connectivity index (χ2n) is 3.47. The standard InChI is InChI=1S/C10H11NO4/c12-9-6-7(8-2-1-5-15-8)11(9)4-3-10(13)14/h1-2,5,7H,3-4,6H2,(H,13,14). The molecule has 15 heavy (non-hydrogen) atoms. The first-order valence-corrected chi connectivity index (χ1v) is 4.73. The summed E-state index contributed by atoms with van der Waals surface area (Å²) < 4.78 is 5.18. The van der Waals surface area contributed by atoms with Crippen molar-refractivity contribution in [2.75, 3.05) is 6.54 Å². The highest BCUT2D eigenvalue weighted by molar-refractivity contribution is 5.83. The van der Waals surface area contributed by atoms with Gasteiger partial charge in [-0.05, 0) is 12.1 Å². The number of rotatable bonds is 4. The molecule has 1 aliphatic heterocycles. The van der Waals surface area contributed by atoms with Gasteiger partial charge in [0.1, 0.15) is 5.76 Å². The first-order chi connectivity index (χ1) is 7.18. The van der Waals surface area contributed by atoms with E-state index in [9.17, 15) is 9.59 Å². The molecule has 1 unspecified atom stereocenters. The fourth-order valence-corrected chi connectivity index (χ4v) is 1.69. The number of carboxylic acid groups (broad SMARTS) is 1. The topological polar surface area (TPSA) is 70.8 Å². The molecule has 1 aromatic heterocycles. The summed E-state index contributed by atoms with van der Waals surface area (Å²) in [5.41, 5.74) is 0. The third-order valence-corrected chi connectivity index (χ3v) is 2.50. The molecule has 5 heteroatoms. The summed E-state index contributed by atoms with van der Waals surface area (Å²) in [6, 6.07) is 3.48. The predicted octanol–water partition coefficient (Wildman–Crippen LogP) is 1.03. The van der Waals surface area contributed by atoms with Crippen molar-refractivity contribution < 1.29 is 19.1 Å². The molecule has 0 aliphatic carbocycles. The van der Waals surface area contributed by atoms with Crippen molar-refractivity contribution in [1.82, 2.24) is 4.90 Å². The second-order valence-corrected chi connectivity index (χ2v) is 3.47. The van der Waals surface area contributed by atoms with Crippen molar-refractivity contribution in [3.8, 4) is 0 Å². The molecule has 0 spiro atoms. The molecule has 1 aliphatic rings. The number of β-lactam (4-membered cyclic amide) rings is 1. The summed E-state index contributed by atoms with van der Waals surface area (Å²) in [5, 5.41) is 8.52. The fourth-order valence-electron chi connectivity index (χ4n) is 1.69. The Morgan fingerprint density at radius 1 is 1.67 bits per heavy atom. The maximum atomic E-state index is 11.2. The lowest BCUT2D eigenvalue weighted by molar-refractivity contribution is -0.149. The average molecular weight is 209 g/mol. The number of aliphatic carboxylic acids is 1. The van der Waals surface area contributed by atoms with Gasteiger partial charge in [0, 0.05) is 6.54 Å². The molecular weight excluding hydrogens is 198 g/mol. The van der Waals surface area contributed by atoms with Gasteiger partial charge in [0.05, 0.1) is 25.1 Å². The first-order valence-electron chi connectivity index (χ1n) is 4.73. The van der Waals surface area contributed by atoms with Gasteiger partial charge >= 0.3 is 5.97 Å². The summed E-state index contributed by atoms with van der Waals surface area (Å²) in [4.78, 5) is 23.2. The number of carboxylic acids is 1. The van der Waals surface area contributed by atoms with Crippen LogP contribution in [0.4, 0.5) is 0 Å². The largest absolute Gasteiger partial charge is 0.481 e. The minimum Gasteiger partial charge on any atom is -0.481 e. The van der Waals surface area contributed by atoms with E-state index >= 15 is 0 Å². The zero-order valence-corrected chi connectivity index (χ0v) is 8.05. The van der Waals surface area contributed by atoms with Crippen LogP contribution in [-0.4, -0.2) is 28.4 Å². The number of carbonyl (C=O) groups is 2. The summed E-state index contributed by atoms with van der Waals surface area (Å²) in [6.45, 7) is 0.250. The Bertz CT molecular complexity index is 371. The van der Waals surface area contributed by atoms with Gasteiger partial charge in [-0.15, -0.1) is 0 Å². The van der Waals surface area contributed by atoms with Crippen LogP contribution in [0.3, 0.4) is 0 Å². The number of likely N-dealkylation sites (tertiary alicyclic amines) is 1. The number of hydrogen-bond acceptors (Lipinski definition) is 3. The molecular formula is C10H11NO4. The molecule has 80 valence electrons. The van der Waals surface area contributed by atoms with Gasteiger partial charge in [0.15, 0.2) is 0 Å². The second kappa shape index (κ2) is 3.76. The lowest BCUT2D eigenvalue weighted by Crippen LogP contribution is -2.47. The molecule has 0 radical (unpaired) electrons. The summed E-state index contributed by atoms with van der Waals surface area (Å²) in [5.74, 6) is -0.189. The lowest BCUT2D eigenvalue weighted by Gasteiger charge is -2.38. The predicted molar refractivity (Wildman–Crippen MR) is 50.0 cm³/mol. The highest BCUT2D eigenvalue weighted by Crippen LogP contribution is 2.34. The molecule has 1 saturated heterocycles. The summed E-state index contributed by atoms with van der Waals surface area (Å²) in [6.07, 6.45) is 1.93. The third kappa shape index (κ3) is 1.86. The van der Waals surface area contributed by atoms with E-state index in [-0.39, 0.29) is 24.9 Å². The van der Waals surface area contributed by atoms with Gasteiger partial charge in [0.25, 0.3) is 0 Å². The molecule has 1 atom stereocenters. The van der Waals surface area contributed by atoms with Crippen LogP contribution in [0.15, 0.2) is 22.8 Å². The molecule has 0 aromatic carbocycles. The number of hydrogen-bond donors (Lipinski definition) is 1. The molecule has 1 aromatic rings. The van der Waals surface area contributed by atoms with Crippen LogP contribution < -0.4 is 0 Å². The van der Waals surface area contributed by atoms with Crippen molar-refractivity contribution in [2.24, 2.45) is 0 Å². The molecule has 1 N–H and O–H groups in total. The number of furan rings is 1. The highest BCUT2D eigenvalue weighted by atomic mass is 16.4. The van der Waals surface area contributed by atoms with Gasteiger partial charge < -0.3 is 14.4 Å². The van der Waals surface area contributed by atoms with Crippen molar-refractivity contribution in [1.29, 1.82) is 0 Å². The van der Waals surface area contributed by atoms with Crippen molar-refractivity contribution in [3.05, 3.63) is 24.2 Å². The van der Waals surface area contributed by atoms with Crippen LogP contribution in [0.1, 0.15) is 24.6 Å². The zero-order valence-electron chi connectivity index (χ0n) is 8.05.